The van der Waals surface area contributed by atoms with Crippen molar-refractivity contribution in [3.8, 4) is 5.75 Å². The van der Waals surface area contributed by atoms with Gasteiger partial charge in [0.2, 0.25) is 0 Å². The number of β-amino-alcohol motifs (C(OH)–C–C–N with tert-alkyl or cyclic N) is 1. The summed E-state index contributed by atoms with van der Waals surface area (Å²) in [7, 11) is 1.53. The first-order valence-corrected chi connectivity index (χ1v) is 9.50. The van der Waals surface area contributed by atoms with Crippen molar-refractivity contribution >= 4 is 23.5 Å². The van der Waals surface area contributed by atoms with Crippen LogP contribution in [0.15, 0.2) is 48.5 Å². The predicted molar refractivity (Wildman–Crippen MR) is 108 cm³/mol. The molecule has 2 aromatic rings. The number of rotatable bonds is 8. The molecule has 154 valence electrons. The summed E-state index contributed by atoms with van der Waals surface area (Å²) in [6, 6.07) is 13.6. The maximum absolute atomic E-state index is 12.9. The molecule has 0 aromatic heterocycles. The summed E-state index contributed by atoms with van der Waals surface area (Å²) in [5, 5.41) is 13.6. The number of benzene rings is 2. The van der Waals surface area contributed by atoms with Crippen LogP contribution >= 0.6 is 11.6 Å². The fourth-order valence-corrected chi connectivity index (χ4v) is 3.28. The van der Waals surface area contributed by atoms with Crippen LogP contribution < -0.4 is 10.1 Å². The molecule has 0 aliphatic carbocycles. The first-order chi connectivity index (χ1) is 13.8. The standard InChI is InChI=1S/C21H23ClN2O5/c1-21(15-4-3-5-18(10-15)28-2)19(26)24(20(27)23-21)11-17(25)13-29-12-14-6-8-16(22)9-7-14/h3-10,17,25H,11-13H2,1-2H3,(H,23,27)/t17-,21+/m0/s1. The Bertz CT molecular complexity index is 889. The fraction of sp³-hybridized carbons (Fsp3) is 0.333. The van der Waals surface area contributed by atoms with Gasteiger partial charge in [-0.1, -0.05) is 35.9 Å². The second-order valence-corrected chi connectivity index (χ2v) is 7.43. The number of hydrogen-bond donors (Lipinski definition) is 2. The molecule has 0 unspecified atom stereocenters. The van der Waals surface area contributed by atoms with E-state index in [-0.39, 0.29) is 19.8 Å². The molecule has 2 aromatic carbocycles. The van der Waals surface area contributed by atoms with Gasteiger partial charge in [-0.3, -0.25) is 9.69 Å². The lowest BCUT2D eigenvalue weighted by atomic mass is 9.92. The molecule has 2 atom stereocenters. The van der Waals surface area contributed by atoms with Crippen LogP contribution in [0.3, 0.4) is 0 Å². The highest BCUT2D eigenvalue weighted by Crippen LogP contribution is 2.31. The van der Waals surface area contributed by atoms with Crippen LogP contribution in [0.4, 0.5) is 4.79 Å². The van der Waals surface area contributed by atoms with Gasteiger partial charge in [-0.25, -0.2) is 4.79 Å². The Labute approximate surface area is 174 Å². The van der Waals surface area contributed by atoms with Gasteiger partial charge in [0, 0.05) is 5.02 Å². The van der Waals surface area contributed by atoms with Crippen molar-refractivity contribution in [3.63, 3.8) is 0 Å². The van der Waals surface area contributed by atoms with Gasteiger partial charge in [-0.2, -0.15) is 0 Å². The number of ether oxygens (including phenoxy) is 2. The van der Waals surface area contributed by atoms with Crippen molar-refractivity contribution in [2.75, 3.05) is 20.3 Å². The second-order valence-electron chi connectivity index (χ2n) is 7.00. The van der Waals surface area contributed by atoms with Crippen LogP contribution in [0.1, 0.15) is 18.1 Å². The van der Waals surface area contributed by atoms with Crippen LogP contribution in [0.5, 0.6) is 5.75 Å². The lowest BCUT2D eigenvalue weighted by molar-refractivity contribution is -0.132. The maximum Gasteiger partial charge on any atom is 0.325 e. The molecular weight excluding hydrogens is 396 g/mol. The van der Waals surface area contributed by atoms with Crippen molar-refractivity contribution in [2.24, 2.45) is 0 Å². The Kier molecular flexibility index (Phi) is 6.42. The zero-order chi connectivity index (χ0) is 21.0. The highest BCUT2D eigenvalue weighted by atomic mass is 35.5. The Hall–Kier alpha value is -2.61. The van der Waals surface area contributed by atoms with Crippen molar-refractivity contribution in [1.82, 2.24) is 10.2 Å². The fourth-order valence-electron chi connectivity index (χ4n) is 3.15. The average Bonchev–Trinajstić information content (AvgIpc) is 2.93. The summed E-state index contributed by atoms with van der Waals surface area (Å²) < 4.78 is 10.7. The number of imide groups is 1. The van der Waals surface area contributed by atoms with Crippen LogP contribution in [0.2, 0.25) is 5.02 Å². The molecular formula is C21H23ClN2O5. The number of carbonyl (C=O) groups is 2. The first kappa shape index (κ1) is 21.1. The lowest BCUT2D eigenvalue weighted by Gasteiger charge is -2.23. The number of urea groups is 1. The maximum atomic E-state index is 12.9. The van der Waals surface area contributed by atoms with Crippen molar-refractivity contribution in [2.45, 2.75) is 25.2 Å². The number of hydrogen-bond acceptors (Lipinski definition) is 5. The summed E-state index contributed by atoms with van der Waals surface area (Å²) in [5.74, 6) is 0.146. The molecule has 1 aliphatic heterocycles. The predicted octanol–water partition coefficient (Wildman–Crippen LogP) is 2.69. The van der Waals surface area contributed by atoms with Crippen LogP contribution in [-0.4, -0.2) is 48.3 Å². The third kappa shape index (κ3) is 4.70. The van der Waals surface area contributed by atoms with Gasteiger partial charge >= 0.3 is 6.03 Å². The van der Waals surface area contributed by atoms with E-state index in [1.54, 1.807) is 43.3 Å². The molecule has 3 amide bonds. The van der Waals surface area contributed by atoms with E-state index in [1.807, 2.05) is 12.1 Å². The number of halogens is 1. The second kappa shape index (κ2) is 8.82. The molecule has 8 heteroatoms. The lowest BCUT2D eigenvalue weighted by Crippen LogP contribution is -2.42. The summed E-state index contributed by atoms with van der Waals surface area (Å²) in [4.78, 5) is 26.3. The molecule has 1 aliphatic rings. The van der Waals surface area contributed by atoms with E-state index in [1.165, 1.54) is 7.11 Å². The van der Waals surface area contributed by atoms with Gasteiger partial charge in [-0.15, -0.1) is 0 Å². The van der Waals surface area contributed by atoms with Gasteiger partial charge in [0.15, 0.2) is 0 Å². The van der Waals surface area contributed by atoms with Crippen molar-refractivity contribution in [3.05, 3.63) is 64.7 Å². The van der Waals surface area contributed by atoms with E-state index in [9.17, 15) is 14.7 Å². The molecule has 1 saturated heterocycles. The molecule has 0 radical (unpaired) electrons. The summed E-state index contributed by atoms with van der Waals surface area (Å²) in [6.07, 6.45) is -1.01. The molecule has 0 bridgehead atoms. The molecule has 3 rings (SSSR count). The third-order valence-corrected chi connectivity index (χ3v) is 5.06. The zero-order valence-electron chi connectivity index (χ0n) is 16.2. The highest BCUT2D eigenvalue weighted by molar-refractivity contribution is 6.30. The molecule has 29 heavy (non-hydrogen) atoms. The number of nitrogens with zero attached hydrogens (tertiary/aromatic N) is 1. The summed E-state index contributed by atoms with van der Waals surface area (Å²) in [5.41, 5.74) is 0.281. The van der Waals surface area contributed by atoms with E-state index in [0.717, 1.165) is 10.5 Å². The van der Waals surface area contributed by atoms with Crippen molar-refractivity contribution in [1.29, 1.82) is 0 Å². The van der Waals surface area contributed by atoms with Crippen LogP contribution in [0.25, 0.3) is 0 Å². The number of aliphatic hydroxyl groups is 1. The number of methoxy groups -OCH3 is 1. The Morgan fingerprint density at radius 2 is 1.93 bits per heavy atom. The van der Waals surface area contributed by atoms with Gasteiger partial charge < -0.3 is 19.9 Å². The molecule has 1 fully saturated rings. The van der Waals surface area contributed by atoms with E-state index < -0.39 is 23.6 Å². The van der Waals surface area contributed by atoms with Crippen molar-refractivity contribution < 1.29 is 24.2 Å². The number of nitrogens with one attached hydrogen (secondary N) is 1. The SMILES string of the molecule is COc1cccc([C@@]2(C)NC(=O)N(C[C@H](O)COCc3ccc(Cl)cc3)C2=O)c1. The largest absolute Gasteiger partial charge is 0.497 e. The minimum Gasteiger partial charge on any atom is -0.497 e. The topological polar surface area (TPSA) is 88.1 Å². The summed E-state index contributed by atoms with van der Waals surface area (Å²) >= 11 is 5.84. The highest BCUT2D eigenvalue weighted by Gasteiger charge is 2.49. The molecule has 7 nitrogen and oxygen atoms in total. The number of aliphatic hydroxyl groups excluding tert-OH is 1. The monoisotopic (exact) mass is 418 g/mol. The minimum atomic E-state index is -1.23. The third-order valence-electron chi connectivity index (χ3n) is 4.81. The Morgan fingerprint density at radius 1 is 1.21 bits per heavy atom. The normalized spacial score (nSPS) is 19.9. The Balaban J connectivity index is 1.59. The zero-order valence-corrected chi connectivity index (χ0v) is 17.0. The van der Waals surface area contributed by atoms with E-state index >= 15 is 0 Å². The number of carbonyl (C=O) groups excluding carboxylic acids is 2. The first-order valence-electron chi connectivity index (χ1n) is 9.12. The van der Waals surface area contributed by atoms with E-state index in [0.29, 0.717) is 16.3 Å². The molecule has 1 heterocycles. The molecule has 2 N–H and O–H groups in total. The van der Waals surface area contributed by atoms with E-state index in [2.05, 4.69) is 5.32 Å². The quantitative estimate of drug-likeness (QED) is 0.643. The Morgan fingerprint density at radius 3 is 2.62 bits per heavy atom. The molecule has 0 spiro atoms. The summed E-state index contributed by atoms with van der Waals surface area (Å²) in [6.45, 7) is 1.74. The van der Waals surface area contributed by atoms with Gasteiger partial charge in [0.25, 0.3) is 5.91 Å². The molecule has 0 saturated carbocycles. The number of amides is 3. The van der Waals surface area contributed by atoms with Gasteiger partial charge in [0.05, 0.1) is 33.0 Å². The van der Waals surface area contributed by atoms with Crippen LogP contribution in [0, 0.1) is 0 Å². The minimum absolute atomic E-state index is 0.0183. The smallest absolute Gasteiger partial charge is 0.325 e. The van der Waals surface area contributed by atoms with Gasteiger partial charge in [0.1, 0.15) is 11.3 Å². The van der Waals surface area contributed by atoms with Crippen LogP contribution in [-0.2, 0) is 21.7 Å². The average molecular weight is 419 g/mol. The van der Waals surface area contributed by atoms with E-state index in [4.69, 9.17) is 21.1 Å². The van der Waals surface area contributed by atoms with Gasteiger partial charge in [-0.05, 0) is 42.3 Å².